The highest BCUT2D eigenvalue weighted by Gasteiger charge is 2.24. The average Bonchev–Trinajstić information content (AvgIpc) is 3.14. The van der Waals surface area contributed by atoms with Gasteiger partial charge in [-0.15, -0.1) is 0 Å². The lowest BCUT2D eigenvalue weighted by Crippen LogP contribution is -2.39. The number of hydrogen-bond acceptors (Lipinski definition) is 4. The van der Waals surface area contributed by atoms with Crippen LogP contribution in [-0.4, -0.2) is 34.9 Å². The third-order valence-corrected chi connectivity index (χ3v) is 4.20. The number of amides is 1. The summed E-state index contributed by atoms with van der Waals surface area (Å²) in [7, 11) is 0. The minimum Gasteiger partial charge on any atom is -0.440 e. The van der Waals surface area contributed by atoms with E-state index in [-0.39, 0.29) is 17.4 Å². The van der Waals surface area contributed by atoms with Crippen molar-refractivity contribution in [3.05, 3.63) is 24.1 Å². The van der Waals surface area contributed by atoms with Crippen molar-refractivity contribution in [1.82, 2.24) is 9.88 Å². The molecule has 0 saturated carbocycles. The van der Waals surface area contributed by atoms with E-state index in [4.69, 9.17) is 4.42 Å². The van der Waals surface area contributed by atoms with Crippen LogP contribution in [0.15, 0.2) is 22.6 Å². The molecule has 1 aliphatic heterocycles. The zero-order valence-corrected chi connectivity index (χ0v) is 14.3. The van der Waals surface area contributed by atoms with E-state index >= 15 is 0 Å². The summed E-state index contributed by atoms with van der Waals surface area (Å²) in [6.07, 6.45) is 2.22. The first-order chi connectivity index (χ1) is 10.8. The van der Waals surface area contributed by atoms with E-state index in [0.717, 1.165) is 48.6 Å². The molecule has 1 N–H and O–H groups in total. The van der Waals surface area contributed by atoms with Crippen molar-refractivity contribution in [3.8, 4) is 0 Å². The van der Waals surface area contributed by atoms with Gasteiger partial charge in [-0.1, -0.05) is 20.8 Å². The highest BCUT2D eigenvalue weighted by atomic mass is 16.3. The molecule has 2 heterocycles. The van der Waals surface area contributed by atoms with Gasteiger partial charge in [0.15, 0.2) is 5.58 Å². The Hall–Kier alpha value is -2.04. The summed E-state index contributed by atoms with van der Waals surface area (Å²) in [4.78, 5) is 18.9. The highest BCUT2D eigenvalue weighted by molar-refractivity contribution is 5.85. The molecular formula is C18H25N3O2. The Labute approximate surface area is 137 Å². The van der Waals surface area contributed by atoms with Gasteiger partial charge in [0.1, 0.15) is 11.6 Å². The Kier molecular flexibility index (Phi) is 4.04. The highest BCUT2D eigenvalue weighted by Crippen LogP contribution is 2.27. The Balaban J connectivity index is 1.76. The number of oxazole rings is 1. The van der Waals surface area contributed by atoms with Crippen LogP contribution in [0.25, 0.3) is 11.1 Å². The number of rotatable bonds is 3. The van der Waals surface area contributed by atoms with Crippen LogP contribution in [-0.2, 0) is 10.2 Å². The van der Waals surface area contributed by atoms with E-state index in [1.807, 2.05) is 30.0 Å². The maximum absolute atomic E-state index is 12.4. The number of aromatic nitrogens is 1. The first kappa shape index (κ1) is 15.8. The van der Waals surface area contributed by atoms with E-state index in [1.54, 1.807) is 0 Å². The zero-order chi connectivity index (χ0) is 16.6. The Bertz CT molecular complexity index is 709. The third-order valence-electron chi connectivity index (χ3n) is 4.20. The summed E-state index contributed by atoms with van der Waals surface area (Å²) in [5.41, 5.74) is 2.37. The van der Waals surface area contributed by atoms with E-state index in [0.29, 0.717) is 0 Å². The second kappa shape index (κ2) is 5.87. The molecule has 1 saturated heterocycles. The van der Waals surface area contributed by atoms with Gasteiger partial charge in [0, 0.05) is 24.2 Å². The fourth-order valence-electron chi connectivity index (χ4n) is 2.86. The number of anilines is 1. The van der Waals surface area contributed by atoms with E-state index in [9.17, 15) is 4.79 Å². The van der Waals surface area contributed by atoms with Crippen LogP contribution in [0.2, 0.25) is 0 Å². The molecule has 1 aromatic carbocycles. The number of nitrogens with one attached hydrogen (secondary N) is 1. The summed E-state index contributed by atoms with van der Waals surface area (Å²) in [6, 6.07) is 5.56. The molecule has 1 amide bonds. The van der Waals surface area contributed by atoms with Gasteiger partial charge >= 0.3 is 0 Å². The van der Waals surface area contributed by atoms with Gasteiger partial charge in [0.05, 0.1) is 0 Å². The van der Waals surface area contributed by atoms with Crippen molar-refractivity contribution in [1.29, 1.82) is 0 Å². The number of likely N-dealkylation sites (tertiary alicyclic amines) is 1. The quantitative estimate of drug-likeness (QED) is 0.941. The van der Waals surface area contributed by atoms with Gasteiger partial charge in [-0.05, 0) is 38.0 Å². The van der Waals surface area contributed by atoms with Gasteiger partial charge in [0.2, 0.25) is 11.8 Å². The van der Waals surface area contributed by atoms with E-state index in [2.05, 4.69) is 31.1 Å². The normalized spacial score (nSPS) is 16.8. The minimum atomic E-state index is -0.237. The fraction of sp³-hybridized carbons (Fsp3) is 0.556. The van der Waals surface area contributed by atoms with Crippen LogP contribution >= 0.6 is 0 Å². The predicted octanol–water partition coefficient (Wildman–Crippen LogP) is 3.55. The van der Waals surface area contributed by atoms with E-state index in [1.165, 1.54) is 0 Å². The van der Waals surface area contributed by atoms with Crippen molar-refractivity contribution < 1.29 is 9.21 Å². The summed E-state index contributed by atoms with van der Waals surface area (Å²) in [6.45, 7) is 9.90. The number of nitrogens with zero attached hydrogens (tertiary/aromatic N) is 2. The van der Waals surface area contributed by atoms with Crippen molar-refractivity contribution in [2.45, 2.75) is 52.0 Å². The smallest absolute Gasteiger partial charge is 0.244 e. The maximum atomic E-state index is 12.4. The summed E-state index contributed by atoms with van der Waals surface area (Å²) >= 11 is 0. The van der Waals surface area contributed by atoms with Gasteiger partial charge in [-0.3, -0.25) is 4.79 Å². The fourth-order valence-corrected chi connectivity index (χ4v) is 2.86. The molecule has 0 bridgehead atoms. The predicted molar refractivity (Wildman–Crippen MR) is 91.6 cm³/mol. The number of carbonyl (C=O) groups is 1. The molecule has 2 aromatic rings. The Morgan fingerprint density at radius 1 is 1.30 bits per heavy atom. The Morgan fingerprint density at radius 3 is 2.65 bits per heavy atom. The minimum absolute atomic E-state index is 0.119. The maximum Gasteiger partial charge on any atom is 0.244 e. The molecule has 1 aromatic heterocycles. The molecule has 0 aliphatic carbocycles. The molecule has 5 nitrogen and oxygen atoms in total. The monoisotopic (exact) mass is 315 g/mol. The second-order valence-electron chi connectivity index (χ2n) is 7.35. The van der Waals surface area contributed by atoms with Crippen LogP contribution in [0.1, 0.15) is 46.4 Å². The average molecular weight is 315 g/mol. The van der Waals surface area contributed by atoms with Gasteiger partial charge in [0.25, 0.3) is 0 Å². The summed E-state index contributed by atoms with van der Waals surface area (Å²) in [5, 5.41) is 3.29. The molecule has 5 heteroatoms. The largest absolute Gasteiger partial charge is 0.440 e. The second-order valence-corrected chi connectivity index (χ2v) is 7.35. The van der Waals surface area contributed by atoms with Crippen LogP contribution in [0.5, 0.6) is 0 Å². The molecule has 124 valence electrons. The number of benzene rings is 1. The first-order valence-corrected chi connectivity index (χ1v) is 8.31. The number of carbonyl (C=O) groups excluding carboxylic acids is 1. The first-order valence-electron chi connectivity index (χ1n) is 8.31. The lowest BCUT2D eigenvalue weighted by molar-refractivity contribution is -0.130. The van der Waals surface area contributed by atoms with Crippen LogP contribution < -0.4 is 5.32 Å². The molecular weight excluding hydrogens is 290 g/mol. The molecule has 0 spiro atoms. The van der Waals surface area contributed by atoms with Crippen molar-refractivity contribution in [2.75, 3.05) is 18.4 Å². The SMILES string of the molecule is C[C@H](Nc1ccc2oc(C(C)(C)C)nc2c1)C(=O)N1CCCC1. The number of hydrogen-bond donors (Lipinski definition) is 1. The molecule has 1 aliphatic rings. The van der Waals surface area contributed by atoms with Gasteiger partial charge < -0.3 is 14.6 Å². The van der Waals surface area contributed by atoms with Crippen LogP contribution in [0.4, 0.5) is 5.69 Å². The molecule has 1 fully saturated rings. The molecule has 0 radical (unpaired) electrons. The van der Waals surface area contributed by atoms with Gasteiger partial charge in [-0.2, -0.15) is 0 Å². The zero-order valence-electron chi connectivity index (χ0n) is 14.3. The summed E-state index contributed by atoms with van der Waals surface area (Å²) < 4.78 is 5.81. The summed E-state index contributed by atoms with van der Waals surface area (Å²) in [5.74, 6) is 0.893. The van der Waals surface area contributed by atoms with Gasteiger partial charge in [-0.25, -0.2) is 4.98 Å². The van der Waals surface area contributed by atoms with Crippen molar-refractivity contribution in [2.24, 2.45) is 0 Å². The lowest BCUT2D eigenvalue weighted by Gasteiger charge is -2.21. The van der Waals surface area contributed by atoms with Crippen molar-refractivity contribution >= 4 is 22.7 Å². The third kappa shape index (κ3) is 3.33. The van der Waals surface area contributed by atoms with E-state index < -0.39 is 0 Å². The molecule has 0 unspecified atom stereocenters. The Morgan fingerprint density at radius 2 is 2.00 bits per heavy atom. The molecule has 1 atom stereocenters. The molecule has 3 rings (SSSR count). The van der Waals surface area contributed by atoms with Crippen LogP contribution in [0.3, 0.4) is 0 Å². The standard InChI is InChI=1S/C18H25N3O2/c1-12(16(22)21-9-5-6-10-21)19-13-7-8-15-14(11-13)20-17(23-15)18(2,3)4/h7-8,11-12,19H,5-6,9-10H2,1-4H3/t12-/m0/s1. The molecule has 23 heavy (non-hydrogen) atoms. The lowest BCUT2D eigenvalue weighted by atomic mass is 9.97. The van der Waals surface area contributed by atoms with Crippen molar-refractivity contribution in [3.63, 3.8) is 0 Å². The topological polar surface area (TPSA) is 58.4 Å². The number of fused-ring (bicyclic) bond motifs is 1. The van der Waals surface area contributed by atoms with Crippen LogP contribution in [0, 0.1) is 0 Å².